The molecule has 12 heavy (non-hydrogen) atoms. The first-order valence-corrected chi connectivity index (χ1v) is 5.04. The van der Waals surface area contributed by atoms with Gasteiger partial charge in [0.2, 0.25) is 0 Å². The fourth-order valence-corrected chi connectivity index (χ4v) is 1.15. The molecule has 1 aliphatic carbocycles. The summed E-state index contributed by atoms with van der Waals surface area (Å²) in [5.41, 5.74) is 0.265. The molecule has 72 valence electrons. The van der Waals surface area contributed by atoms with E-state index in [9.17, 15) is 0 Å². The van der Waals surface area contributed by atoms with E-state index in [-0.39, 0.29) is 5.54 Å². The Bertz CT molecular complexity index is 122. The summed E-state index contributed by atoms with van der Waals surface area (Å²) >= 11 is 0. The molecular weight excluding hydrogens is 148 g/mol. The Morgan fingerprint density at radius 2 is 1.83 bits per heavy atom. The van der Waals surface area contributed by atoms with Gasteiger partial charge < -0.3 is 10.6 Å². The summed E-state index contributed by atoms with van der Waals surface area (Å²) in [7, 11) is 0. The van der Waals surface area contributed by atoms with Crippen LogP contribution in [0.3, 0.4) is 0 Å². The van der Waals surface area contributed by atoms with Crippen LogP contribution in [0.5, 0.6) is 0 Å². The van der Waals surface area contributed by atoms with Crippen LogP contribution >= 0.6 is 0 Å². The molecule has 0 atom stereocenters. The molecule has 1 saturated carbocycles. The lowest BCUT2D eigenvalue weighted by Crippen LogP contribution is -2.40. The van der Waals surface area contributed by atoms with E-state index in [0.29, 0.717) is 0 Å². The van der Waals surface area contributed by atoms with Gasteiger partial charge in [-0.3, -0.25) is 0 Å². The highest BCUT2D eigenvalue weighted by atomic mass is 15.0. The molecule has 2 heteroatoms. The molecule has 0 aromatic heterocycles. The van der Waals surface area contributed by atoms with Gasteiger partial charge in [0.15, 0.2) is 0 Å². The summed E-state index contributed by atoms with van der Waals surface area (Å²) in [5, 5.41) is 6.91. The van der Waals surface area contributed by atoms with Crippen LogP contribution in [0.1, 0.15) is 33.6 Å². The van der Waals surface area contributed by atoms with Gasteiger partial charge in [-0.25, -0.2) is 0 Å². The first-order chi connectivity index (χ1) is 5.58. The third kappa shape index (κ3) is 5.56. The number of hydrogen-bond acceptors (Lipinski definition) is 2. The van der Waals surface area contributed by atoms with Gasteiger partial charge in [-0.15, -0.1) is 0 Å². The van der Waals surface area contributed by atoms with Crippen molar-refractivity contribution in [2.24, 2.45) is 5.92 Å². The number of nitrogens with one attached hydrogen (secondary N) is 2. The molecule has 0 aromatic rings. The third-order valence-corrected chi connectivity index (χ3v) is 2.09. The zero-order valence-electron chi connectivity index (χ0n) is 8.61. The van der Waals surface area contributed by atoms with Gasteiger partial charge in [-0.1, -0.05) is 0 Å². The van der Waals surface area contributed by atoms with E-state index >= 15 is 0 Å². The molecule has 2 N–H and O–H groups in total. The molecule has 0 radical (unpaired) electrons. The predicted octanol–water partition coefficient (Wildman–Crippen LogP) is 1.37. The maximum Gasteiger partial charge on any atom is 0.00970 e. The van der Waals surface area contributed by atoms with Crippen LogP contribution < -0.4 is 10.6 Å². The minimum atomic E-state index is 0.265. The highest BCUT2D eigenvalue weighted by molar-refractivity contribution is 4.76. The van der Waals surface area contributed by atoms with Gasteiger partial charge in [0.25, 0.3) is 0 Å². The van der Waals surface area contributed by atoms with Gasteiger partial charge in [0.1, 0.15) is 0 Å². The first kappa shape index (κ1) is 10.0. The maximum atomic E-state index is 3.46. The smallest absolute Gasteiger partial charge is 0.00970 e. The van der Waals surface area contributed by atoms with E-state index in [1.165, 1.54) is 19.4 Å². The Morgan fingerprint density at radius 1 is 1.17 bits per heavy atom. The fraction of sp³-hybridized carbons (Fsp3) is 1.00. The van der Waals surface area contributed by atoms with Crippen LogP contribution in [0.25, 0.3) is 0 Å². The average Bonchev–Trinajstić information content (AvgIpc) is 2.68. The molecule has 1 rings (SSSR count). The van der Waals surface area contributed by atoms with Gasteiger partial charge >= 0.3 is 0 Å². The fourth-order valence-electron chi connectivity index (χ4n) is 1.15. The van der Waals surface area contributed by atoms with Crippen molar-refractivity contribution >= 4 is 0 Å². The van der Waals surface area contributed by atoms with Gasteiger partial charge in [-0.05, 0) is 46.1 Å². The second-order valence-electron chi connectivity index (χ2n) is 4.82. The molecule has 1 fully saturated rings. The summed E-state index contributed by atoms with van der Waals surface area (Å²) in [4.78, 5) is 0. The van der Waals surface area contributed by atoms with E-state index in [1.54, 1.807) is 0 Å². The molecule has 2 nitrogen and oxygen atoms in total. The second-order valence-corrected chi connectivity index (χ2v) is 4.82. The van der Waals surface area contributed by atoms with Crippen molar-refractivity contribution in [3.05, 3.63) is 0 Å². The molecule has 0 saturated heterocycles. The molecule has 0 spiro atoms. The third-order valence-electron chi connectivity index (χ3n) is 2.09. The van der Waals surface area contributed by atoms with Crippen LogP contribution in [0, 0.1) is 5.92 Å². The molecule has 0 aromatic carbocycles. The van der Waals surface area contributed by atoms with Crippen LogP contribution in [0.15, 0.2) is 0 Å². The van der Waals surface area contributed by atoms with Crippen LogP contribution in [-0.4, -0.2) is 25.2 Å². The Balaban J connectivity index is 1.82. The lowest BCUT2D eigenvalue weighted by atomic mass is 10.1. The van der Waals surface area contributed by atoms with Crippen molar-refractivity contribution in [2.45, 2.75) is 39.2 Å². The Morgan fingerprint density at radius 3 is 2.33 bits per heavy atom. The molecule has 0 unspecified atom stereocenters. The maximum absolute atomic E-state index is 3.46. The summed E-state index contributed by atoms with van der Waals surface area (Å²) < 4.78 is 0. The normalized spacial score (nSPS) is 18.2. The van der Waals surface area contributed by atoms with E-state index in [2.05, 4.69) is 31.4 Å². The monoisotopic (exact) mass is 170 g/mol. The predicted molar refractivity (Wildman–Crippen MR) is 53.3 cm³/mol. The standard InChI is InChI=1S/C10H22N2/c1-10(2,3)12-7-6-11-8-9-4-5-9/h9,11-12H,4-8H2,1-3H3. The zero-order valence-corrected chi connectivity index (χ0v) is 8.61. The summed E-state index contributed by atoms with van der Waals surface area (Å²) in [6.45, 7) is 10.0. The van der Waals surface area contributed by atoms with Crippen molar-refractivity contribution < 1.29 is 0 Å². The SMILES string of the molecule is CC(C)(C)NCCNCC1CC1. The molecule has 0 bridgehead atoms. The van der Waals surface area contributed by atoms with Gasteiger partial charge in [0, 0.05) is 18.6 Å². The minimum absolute atomic E-state index is 0.265. The molecule has 1 aliphatic rings. The summed E-state index contributed by atoms with van der Waals surface area (Å²) in [6, 6.07) is 0. The molecular formula is C10H22N2. The Kier molecular flexibility index (Phi) is 3.53. The van der Waals surface area contributed by atoms with E-state index in [0.717, 1.165) is 19.0 Å². The average molecular weight is 170 g/mol. The van der Waals surface area contributed by atoms with Crippen molar-refractivity contribution in [3.8, 4) is 0 Å². The van der Waals surface area contributed by atoms with Crippen molar-refractivity contribution in [3.63, 3.8) is 0 Å². The Hall–Kier alpha value is -0.0800. The zero-order chi connectivity index (χ0) is 9.03. The second kappa shape index (κ2) is 4.24. The summed E-state index contributed by atoms with van der Waals surface area (Å²) in [5.74, 6) is 1.000. The van der Waals surface area contributed by atoms with Crippen LogP contribution in [0.4, 0.5) is 0 Å². The topological polar surface area (TPSA) is 24.1 Å². The highest BCUT2D eigenvalue weighted by Gasteiger charge is 2.19. The number of rotatable bonds is 5. The molecule has 0 aliphatic heterocycles. The number of hydrogen-bond donors (Lipinski definition) is 2. The molecule has 0 amide bonds. The van der Waals surface area contributed by atoms with Crippen LogP contribution in [0.2, 0.25) is 0 Å². The van der Waals surface area contributed by atoms with Crippen molar-refractivity contribution in [1.29, 1.82) is 0 Å². The van der Waals surface area contributed by atoms with Crippen molar-refractivity contribution in [2.75, 3.05) is 19.6 Å². The Labute approximate surface area is 76.1 Å². The van der Waals surface area contributed by atoms with Crippen molar-refractivity contribution in [1.82, 2.24) is 10.6 Å². The van der Waals surface area contributed by atoms with E-state index in [1.807, 2.05) is 0 Å². The first-order valence-electron chi connectivity index (χ1n) is 5.04. The minimum Gasteiger partial charge on any atom is -0.315 e. The highest BCUT2D eigenvalue weighted by Crippen LogP contribution is 2.27. The van der Waals surface area contributed by atoms with E-state index < -0.39 is 0 Å². The van der Waals surface area contributed by atoms with E-state index in [4.69, 9.17) is 0 Å². The lowest BCUT2D eigenvalue weighted by molar-refractivity contribution is 0.420. The van der Waals surface area contributed by atoms with Gasteiger partial charge in [0.05, 0.1) is 0 Å². The molecule has 0 heterocycles. The quantitative estimate of drug-likeness (QED) is 0.609. The van der Waals surface area contributed by atoms with Gasteiger partial charge in [-0.2, -0.15) is 0 Å². The summed E-state index contributed by atoms with van der Waals surface area (Å²) in [6.07, 6.45) is 2.89. The van der Waals surface area contributed by atoms with Crippen LogP contribution in [-0.2, 0) is 0 Å². The lowest BCUT2D eigenvalue weighted by Gasteiger charge is -2.20. The largest absolute Gasteiger partial charge is 0.315 e.